The zero-order valence-corrected chi connectivity index (χ0v) is 6.44. The summed E-state index contributed by atoms with van der Waals surface area (Å²) in [5.41, 5.74) is 8.79. The molecule has 54 valence electrons. The highest BCUT2D eigenvalue weighted by molar-refractivity contribution is 5.86. The first-order valence-electron chi connectivity index (χ1n) is 3.30. The minimum Gasteiger partial charge on any atom is -0.387 e. The topological polar surface area (TPSA) is 38.4 Å². The monoisotopic (exact) mass is 136 g/mol. The number of amidine groups is 1. The molecule has 0 aromatic carbocycles. The average molecular weight is 136 g/mol. The molecular formula is C8H12N2. The molecule has 0 amide bonds. The molecule has 0 saturated carbocycles. The molecule has 0 bridgehead atoms. The molecule has 0 aliphatic carbocycles. The van der Waals surface area contributed by atoms with Crippen LogP contribution in [0.2, 0.25) is 0 Å². The summed E-state index contributed by atoms with van der Waals surface area (Å²) in [5.74, 6) is 0.674. The Labute approximate surface area is 61.1 Å². The first-order valence-corrected chi connectivity index (χ1v) is 3.30. The first-order chi connectivity index (χ1) is 4.61. The van der Waals surface area contributed by atoms with Crippen molar-refractivity contribution in [1.82, 2.24) is 0 Å². The molecule has 2 nitrogen and oxygen atoms in total. The summed E-state index contributed by atoms with van der Waals surface area (Å²) in [6.45, 7) is 7.85. The predicted octanol–water partition coefficient (Wildman–Crippen LogP) is 1.60. The molecule has 0 atom stereocenters. The predicted molar refractivity (Wildman–Crippen MR) is 43.8 cm³/mol. The van der Waals surface area contributed by atoms with Crippen molar-refractivity contribution in [2.45, 2.75) is 20.3 Å². The molecule has 0 radical (unpaired) electrons. The van der Waals surface area contributed by atoms with Crippen molar-refractivity contribution >= 4 is 5.84 Å². The fourth-order valence-corrected chi connectivity index (χ4v) is 0.946. The Balaban J connectivity index is 3.03. The summed E-state index contributed by atoms with van der Waals surface area (Å²) < 4.78 is 0. The van der Waals surface area contributed by atoms with Gasteiger partial charge in [-0.1, -0.05) is 6.58 Å². The van der Waals surface area contributed by atoms with Crippen LogP contribution in [0.25, 0.3) is 0 Å². The van der Waals surface area contributed by atoms with Crippen molar-refractivity contribution < 1.29 is 0 Å². The van der Waals surface area contributed by atoms with Gasteiger partial charge in [0.15, 0.2) is 0 Å². The van der Waals surface area contributed by atoms with Crippen LogP contribution in [0.1, 0.15) is 20.3 Å². The lowest BCUT2D eigenvalue weighted by molar-refractivity contribution is 1.09. The van der Waals surface area contributed by atoms with Gasteiger partial charge in [0.2, 0.25) is 0 Å². The molecule has 0 aromatic rings. The number of aliphatic imine (C=N–C) groups is 1. The normalized spacial score (nSPS) is 19.4. The van der Waals surface area contributed by atoms with Crippen LogP contribution in [0.15, 0.2) is 28.4 Å². The molecule has 0 aromatic heterocycles. The lowest BCUT2D eigenvalue weighted by Crippen LogP contribution is -2.16. The van der Waals surface area contributed by atoms with Gasteiger partial charge in [-0.2, -0.15) is 0 Å². The second kappa shape index (κ2) is 2.29. The van der Waals surface area contributed by atoms with Crippen LogP contribution in [-0.2, 0) is 0 Å². The lowest BCUT2D eigenvalue weighted by atomic mass is 10.0. The minimum absolute atomic E-state index is 0.674. The van der Waals surface area contributed by atoms with Gasteiger partial charge in [0.1, 0.15) is 5.84 Å². The van der Waals surface area contributed by atoms with Crippen LogP contribution in [0.4, 0.5) is 0 Å². The summed E-state index contributed by atoms with van der Waals surface area (Å²) in [6, 6.07) is 0. The van der Waals surface area contributed by atoms with Crippen LogP contribution in [-0.4, -0.2) is 5.84 Å². The quantitative estimate of drug-likeness (QED) is 0.539. The largest absolute Gasteiger partial charge is 0.387 e. The highest BCUT2D eigenvalue weighted by Crippen LogP contribution is 2.20. The van der Waals surface area contributed by atoms with Crippen LogP contribution in [0.3, 0.4) is 0 Å². The number of hydrogen-bond acceptors (Lipinski definition) is 2. The van der Waals surface area contributed by atoms with E-state index in [1.807, 2.05) is 13.8 Å². The Morgan fingerprint density at radius 2 is 2.10 bits per heavy atom. The second-order valence-electron chi connectivity index (χ2n) is 2.59. The molecule has 1 aliphatic heterocycles. The standard InChI is InChI=1S/C8H12N2/c1-5-4-8(9)10-7(3)6(5)2/h1,4H2,2-3H3,(H2,9,10). The van der Waals surface area contributed by atoms with Gasteiger partial charge in [-0.3, -0.25) is 0 Å². The molecular weight excluding hydrogens is 124 g/mol. The van der Waals surface area contributed by atoms with Crippen molar-refractivity contribution in [2.24, 2.45) is 10.7 Å². The molecule has 0 spiro atoms. The third kappa shape index (κ3) is 1.10. The summed E-state index contributed by atoms with van der Waals surface area (Å²) >= 11 is 0. The number of hydrogen-bond donors (Lipinski definition) is 1. The summed E-state index contributed by atoms with van der Waals surface area (Å²) in [7, 11) is 0. The molecule has 2 heteroatoms. The highest BCUT2D eigenvalue weighted by atomic mass is 14.9. The Morgan fingerprint density at radius 3 is 2.60 bits per heavy atom. The van der Waals surface area contributed by atoms with Crippen molar-refractivity contribution in [1.29, 1.82) is 0 Å². The summed E-state index contributed by atoms with van der Waals surface area (Å²) in [6.07, 6.45) is 0.725. The third-order valence-corrected chi connectivity index (χ3v) is 1.78. The van der Waals surface area contributed by atoms with Gasteiger partial charge in [0.05, 0.1) is 0 Å². The lowest BCUT2D eigenvalue weighted by Gasteiger charge is -2.13. The molecule has 1 rings (SSSR count). The molecule has 0 unspecified atom stereocenters. The van der Waals surface area contributed by atoms with Crippen LogP contribution in [0, 0.1) is 0 Å². The van der Waals surface area contributed by atoms with E-state index in [4.69, 9.17) is 5.73 Å². The van der Waals surface area contributed by atoms with Crippen LogP contribution < -0.4 is 5.73 Å². The fourth-order valence-electron chi connectivity index (χ4n) is 0.946. The van der Waals surface area contributed by atoms with Gasteiger partial charge < -0.3 is 5.73 Å². The summed E-state index contributed by atoms with van der Waals surface area (Å²) in [5, 5.41) is 0. The van der Waals surface area contributed by atoms with Crippen LogP contribution >= 0.6 is 0 Å². The van der Waals surface area contributed by atoms with E-state index >= 15 is 0 Å². The maximum atomic E-state index is 5.53. The zero-order valence-electron chi connectivity index (χ0n) is 6.44. The SMILES string of the molecule is C=C1CC(N)=NC(C)=C1C. The van der Waals surface area contributed by atoms with Gasteiger partial charge in [-0.05, 0) is 25.0 Å². The molecule has 2 N–H and O–H groups in total. The molecule has 1 aliphatic rings. The maximum Gasteiger partial charge on any atom is 0.104 e. The fraction of sp³-hybridized carbons (Fsp3) is 0.375. The Bertz CT molecular complexity index is 234. The molecule has 1 heterocycles. The first kappa shape index (κ1) is 7.06. The number of nitrogens with zero attached hydrogens (tertiary/aromatic N) is 1. The molecule has 10 heavy (non-hydrogen) atoms. The second-order valence-corrected chi connectivity index (χ2v) is 2.59. The van der Waals surface area contributed by atoms with E-state index in [0.29, 0.717) is 5.84 Å². The number of rotatable bonds is 0. The minimum atomic E-state index is 0.674. The smallest absolute Gasteiger partial charge is 0.104 e. The van der Waals surface area contributed by atoms with Crippen molar-refractivity contribution in [3.05, 3.63) is 23.4 Å². The van der Waals surface area contributed by atoms with Gasteiger partial charge in [-0.15, -0.1) is 0 Å². The maximum absolute atomic E-state index is 5.53. The van der Waals surface area contributed by atoms with Crippen molar-refractivity contribution in [3.63, 3.8) is 0 Å². The van der Waals surface area contributed by atoms with Gasteiger partial charge in [0, 0.05) is 12.1 Å². The Hall–Kier alpha value is -1.05. The third-order valence-electron chi connectivity index (χ3n) is 1.78. The number of allylic oxidation sites excluding steroid dienone is 2. The average Bonchev–Trinajstić information content (AvgIpc) is 1.82. The molecule has 0 saturated heterocycles. The van der Waals surface area contributed by atoms with E-state index in [1.165, 1.54) is 5.57 Å². The van der Waals surface area contributed by atoms with Crippen molar-refractivity contribution in [3.8, 4) is 0 Å². The van der Waals surface area contributed by atoms with E-state index < -0.39 is 0 Å². The van der Waals surface area contributed by atoms with Crippen molar-refractivity contribution in [2.75, 3.05) is 0 Å². The zero-order chi connectivity index (χ0) is 7.72. The van der Waals surface area contributed by atoms with E-state index in [1.54, 1.807) is 0 Å². The highest BCUT2D eigenvalue weighted by Gasteiger charge is 2.08. The van der Waals surface area contributed by atoms with Gasteiger partial charge >= 0.3 is 0 Å². The summed E-state index contributed by atoms with van der Waals surface area (Å²) in [4.78, 5) is 4.13. The van der Waals surface area contributed by atoms with E-state index in [-0.39, 0.29) is 0 Å². The van der Waals surface area contributed by atoms with E-state index in [2.05, 4.69) is 11.6 Å². The Morgan fingerprint density at radius 1 is 1.50 bits per heavy atom. The van der Waals surface area contributed by atoms with E-state index in [9.17, 15) is 0 Å². The van der Waals surface area contributed by atoms with Gasteiger partial charge in [-0.25, -0.2) is 4.99 Å². The number of nitrogens with two attached hydrogens (primary N) is 1. The Kier molecular flexibility index (Phi) is 1.62. The van der Waals surface area contributed by atoms with Crippen LogP contribution in [0.5, 0.6) is 0 Å². The van der Waals surface area contributed by atoms with E-state index in [0.717, 1.165) is 17.7 Å². The molecule has 0 fully saturated rings. The van der Waals surface area contributed by atoms with Gasteiger partial charge in [0.25, 0.3) is 0 Å².